The second kappa shape index (κ2) is 26.3. The van der Waals surface area contributed by atoms with Crippen LogP contribution in [0.2, 0.25) is 0 Å². The molecule has 0 aliphatic heterocycles. The van der Waals surface area contributed by atoms with Crippen LogP contribution < -0.4 is 10.6 Å². The molecule has 0 saturated carbocycles. The number of rotatable bonds is 20. The molecule has 0 aliphatic carbocycles. The first-order valence-electron chi connectivity index (χ1n) is 11.0. The molecule has 0 radical (unpaired) electrons. The van der Waals surface area contributed by atoms with Gasteiger partial charge in [0.25, 0.3) is 0 Å². The van der Waals surface area contributed by atoms with Crippen LogP contribution in [0.15, 0.2) is 0 Å². The van der Waals surface area contributed by atoms with Gasteiger partial charge in [-0.2, -0.15) is 0 Å². The molecule has 2 N–H and O–H groups in total. The Labute approximate surface area is 176 Å². The minimum Gasteiger partial charge on any atom is -0.379 e. The van der Waals surface area contributed by atoms with E-state index in [9.17, 15) is 4.79 Å². The smallest absolute Gasteiger partial charge is 0.220 e. The first kappa shape index (κ1) is 29.5. The van der Waals surface area contributed by atoms with Gasteiger partial charge < -0.3 is 29.6 Å². The molecule has 7 nitrogen and oxygen atoms in total. The topological polar surface area (TPSA) is 78.0 Å². The number of nitrogens with one attached hydrogen (secondary N) is 2. The number of carbonyl (C=O) groups excluding carboxylic acids is 1. The fourth-order valence-corrected chi connectivity index (χ4v) is 2.06. The monoisotopic (exact) mass is 410 g/mol. The van der Waals surface area contributed by atoms with E-state index in [2.05, 4.69) is 17.6 Å². The van der Waals surface area contributed by atoms with E-state index in [0.717, 1.165) is 39.0 Å². The number of hydrogen-bond acceptors (Lipinski definition) is 6. The summed E-state index contributed by atoms with van der Waals surface area (Å²) in [5, 5.41) is 6.14. The van der Waals surface area contributed by atoms with Crippen LogP contribution in [0.3, 0.4) is 0 Å². The maximum Gasteiger partial charge on any atom is 0.220 e. The second-order valence-electron chi connectivity index (χ2n) is 6.27. The summed E-state index contributed by atoms with van der Waals surface area (Å²) in [5.41, 5.74) is 0. The van der Waals surface area contributed by atoms with Gasteiger partial charge in [0.1, 0.15) is 0 Å². The summed E-state index contributed by atoms with van der Waals surface area (Å²) in [7, 11) is 0. The minimum absolute atomic E-state index is 0. The van der Waals surface area contributed by atoms with Crippen LogP contribution in [0.1, 0.15) is 63.2 Å². The van der Waals surface area contributed by atoms with Gasteiger partial charge >= 0.3 is 0 Å². The Bertz CT molecular complexity index is 315. The highest BCUT2D eigenvalue weighted by Crippen LogP contribution is 1.94. The van der Waals surface area contributed by atoms with Crippen molar-refractivity contribution in [3.63, 3.8) is 0 Å². The minimum atomic E-state index is 0. The van der Waals surface area contributed by atoms with Crippen molar-refractivity contribution in [3.05, 3.63) is 0 Å². The van der Waals surface area contributed by atoms with E-state index >= 15 is 0 Å². The van der Waals surface area contributed by atoms with E-state index in [-0.39, 0.29) is 14.9 Å². The molecular weight excluding hydrogens is 360 g/mol. The SMILES string of the molecule is CC.CCNCCCOCCOCCOCCCNC(=O)CCCOC(C)C.[HH].[HH]. The van der Waals surface area contributed by atoms with Crippen molar-refractivity contribution in [2.75, 3.05) is 65.9 Å². The van der Waals surface area contributed by atoms with Crippen LogP contribution in [-0.4, -0.2) is 77.9 Å². The molecule has 1 amide bonds. The summed E-state index contributed by atoms with van der Waals surface area (Å²) in [6.45, 7) is 17.1. The summed E-state index contributed by atoms with van der Waals surface area (Å²) in [6.07, 6.45) is 3.33. The molecule has 0 spiro atoms. The first-order valence-corrected chi connectivity index (χ1v) is 11.0. The van der Waals surface area contributed by atoms with Gasteiger partial charge in [0.2, 0.25) is 5.91 Å². The lowest BCUT2D eigenvalue weighted by Gasteiger charge is -2.08. The highest BCUT2D eigenvalue weighted by molar-refractivity contribution is 5.75. The Hall–Kier alpha value is -0.730. The van der Waals surface area contributed by atoms with Crippen molar-refractivity contribution >= 4 is 5.91 Å². The highest BCUT2D eigenvalue weighted by Gasteiger charge is 2.01. The predicted molar refractivity (Wildman–Crippen MR) is 119 cm³/mol. The summed E-state index contributed by atoms with van der Waals surface area (Å²) in [5.74, 6) is 0.0752. The van der Waals surface area contributed by atoms with E-state index in [0.29, 0.717) is 52.6 Å². The average molecular weight is 411 g/mol. The predicted octanol–water partition coefficient (Wildman–Crippen LogP) is 3.27. The van der Waals surface area contributed by atoms with Gasteiger partial charge in [-0.1, -0.05) is 20.8 Å². The molecule has 0 fully saturated rings. The van der Waals surface area contributed by atoms with Crippen LogP contribution in [0.25, 0.3) is 0 Å². The van der Waals surface area contributed by atoms with Gasteiger partial charge in [0.15, 0.2) is 0 Å². The second-order valence-corrected chi connectivity index (χ2v) is 6.27. The highest BCUT2D eigenvalue weighted by atomic mass is 16.5. The third-order valence-electron chi connectivity index (χ3n) is 3.42. The molecule has 7 heteroatoms. The molecule has 0 aliphatic rings. The molecule has 0 aromatic heterocycles. The summed E-state index contributed by atoms with van der Waals surface area (Å²) in [6, 6.07) is 0. The van der Waals surface area contributed by atoms with E-state index in [1.807, 2.05) is 27.7 Å². The van der Waals surface area contributed by atoms with Gasteiger partial charge in [-0.3, -0.25) is 4.79 Å². The molecule has 0 bridgehead atoms. The number of amides is 1. The third-order valence-corrected chi connectivity index (χ3v) is 3.42. The summed E-state index contributed by atoms with van der Waals surface area (Å²) >= 11 is 0. The molecule has 0 heterocycles. The van der Waals surface area contributed by atoms with Gasteiger partial charge in [-0.25, -0.2) is 0 Å². The number of hydrogen-bond donors (Lipinski definition) is 2. The number of carbonyl (C=O) groups is 1. The van der Waals surface area contributed by atoms with Gasteiger partial charge in [-0.15, -0.1) is 0 Å². The van der Waals surface area contributed by atoms with E-state index in [4.69, 9.17) is 18.9 Å². The largest absolute Gasteiger partial charge is 0.379 e. The fraction of sp³-hybridized carbons (Fsp3) is 0.952. The van der Waals surface area contributed by atoms with Crippen molar-refractivity contribution < 1.29 is 26.6 Å². The van der Waals surface area contributed by atoms with Crippen molar-refractivity contribution in [2.24, 2.45) is 0 Å². The van der Waals surface area contributed by atoms with Gasteiger partial charge in [0, 0.05) is 35.6 Å². The maximum absolute atomic E-state index is 11.6. The summed E-state index contributed by atoms with van der Waals surface area (Å²) in [4.78, 5) is 11.6. The lowest BCUT2D eigenvalue weighted by molar-refractivity contribution is -0.121. The maximum atomic E-state index is 11.6. The van der Waals surface area contributed by atoms with Crippen molar-refractivity contribution in [2.45, 2.75) is 66.4 Å². The molecule has 0 saturated heterocycles. The quantitative estimate of drug-likeness (QED) is 0.300. The fourth-order valence-electron chi connectivity index (χ4n) is 2.06. The van der Waals surface area contributed by atoms with Gasteiger partial charge in [0.05, 0.1) is 32.5 Å². The molecular formula is C21H50N2O5. The van der Waals surface area contributed by atoms with Gasteiger partial charge in [-0.05, 0) is 46.2 Å². The molecule has 0 aromatic rings. The Kier molecular flexibility index (Phi) is 27.7. The normalized spacial score (nSPS) is 10.6. The number of ether oxygens (including phenoxy) is 4. The van der Waals surface area contributed by atoms with Crippen LogP contribution in [-0.2, 0) is 23.7 Å². The third kappa shape index (κ3) is 27.5. The Morgan fingerprint density at radius 2 is 1.36 bits per heavy atom. The van der Waals surface area contributed by atoms with Crippen molar-refractivity contribution in [3.8, 4) is 0 Å². The zero-order valence-corrected chi connectivity index (χ0v) is 19.0. The Balaban J connectivity index is -0.000000817. The molecule has 0 aromatic carbocycles. The molecule has 174 valence electrons. The molecule has 0 unspecified atom stereocenters. The van der Waals surface area contributed by atoms with Crippen LogP contribution >= 0.6 is 0 Å². The lowest BCUT2D eigenvalue weighted by Crippen LogP contribution is -2.25. The van der Waals surface area contributed by atoms with Crippen LogP contribution in [0.4, 0.5) is 0 Å². The van der Waals surface area contributed by atoms with E-state index in [1.165, 1.54) is 0 Å². The lowest BCUT2D eigenvalue weighted by atomic mass is 10.3. The van der Waals surface area contributed by atoms with Crippen molar-refractivity contribution in [1.82, 2.24) is 10.6 Å². The molecule has 0 rings (SSSR count). The first-order chi connectivity index (χ1) is 13.7. The zero-order chi connectivity index (χ0) is 21.3. The van der Waals surface area contributed by atoms with Crippen LogP contribution in [0.5, 0.6) is 0 Å². The molecule has 28 heavy (non-hydrogen) atoms. The summed E-state index contributed by atoms with van der Waals surface area (Å²) < 4.78 is 21.8. The Morgan fingerprint density at radius 1 is 0.821 bits per heavy atom. The zero-order valence-electron chi connectivity index (χ0n) is 19.0. The van der Waals surface area contributed by atoms with E-state index in [1.54, 1.807) is 0 Å². The molecule has 0 atom stereocenters. The Morgan fingerprint density at radius 3 is 1.89 bits per heavy atom. The van der Waals surface area contributed by atoms with E-state index < -0.39 is 0 Å². The van der Waals surface area contributed by atoms with Crippen molar-refractivity contribution in [1.29, 1.82) is 0 Å². The average Bonchev–Trinajstić information content (AvgIpc) is 2.69. The van der Waals surface area contributed by atoms with Crippen LogP contribution in [0, 0.1) is 0 Å². The standard InChI is InChI=1S/C19H40N2O5.C2H6.2H2/c1-4-20-9-6-11-23-14-16-25-17-15-24-12-7-10-21-19(22)8-5-13-26-18(2)3;1-2;;/h18,20H,4-17H2,1-3H3,(H,21,22);1-2H3;2*1H.